The first-order chi connectivity index (χ1) is 14.1. The molecule has 8 nitrogen and oxygen atoms in total. The summed E-state index contributed by atoms with van der Waals surface area (Å²) in [4.78, 5) is 40.0. The number of nitrogens with zero attached hydrogens (tertiary/aromatic N) is 2. The molecule has 158 valence electrons. The van der Waals surface area contributed by atoms with Crippen molar-refractivity contribution in [3.05, 3.63) is 59.1 Å². The average Bonchev–Trinajstić information content (AvgIpc) is 2.95. The van der Waals surface area contributed by atoms with Crippen molar-refractivity contribution in [2.75, 3.05) is 11.4 Å². The Balaban J connectivity index is 1.76. The maximum atomic E-state index is 12.9. The molecule has 3 amide bonds. The van der Waals surface area contributed by atoms with E-state index in [0.29, 0.717) is 17.1 Å². The summed E-state index contributed by atoms with van der Waals surface area (Å²) in [5.74, 6) is -1.23. The predicted octanol–water partition coefficient (Wildman–Crippen LogP) is 1.71. The molecule has 1 heterocycles. The van der Waals surface area contributed by atoms with Gasteiger partial charge in [-0.15, -0.1) is 0 Å². The smallest absolute Gasteiger partial charge is 0.257 e. The minimum Gasteiger partial charge on any atom is -0.330 e. The quantitative estimate of drug-likeness (QED) is 0.673. The third-order valence-corrected chi connectivity index (χ3v) is 6.03. The molecule has 1 aliphatic rings. The molecule has 2 aromatic carbocycles. The first-order valence-electron chi connectivity index (χ1n) is 9.09. The molecule has 0 radical (unpaired) electrons. The molecule has 0 spiro atoms. The highest BCUT2D eigenvalue weighted by molar-refractivity contribution is 7.89. The van der Waals surface area contributed by atoms with Crippen molar-refractivity contribution in [3.8, 4) is 0 Å². The third-order valence-electron chi connectivity index (χ3n) is 4.86. The number of benzene rings is 2. The van der Waals surface area contributed by atoms with Crippen molar-refractivity contribution in [2.45, 2.75) is 30.7 Å². The molecule has 1 aliphatic heterocycles. The van der Waals surface area contributed by atoms with Gasteiger partial charge in [-0.3, -0.25) is 14.4 Å². The first-order valence-corrected chi connectivity index (χ1v) is 11.0. The van der Waals surface area contributed by atoms with Crippen LogP contribution < -0.4 is 10.0 Å². The lowest BCUT2D eigenvalue weighted by Crippen LogP contribution is -2.45. The summed E-state index contributed by atoms with van der Waals surface area (Å²) in [6, 6.07) is 11.5. The van der Waals surface area contributed by atoms with Gasteiger partial charge in [-0.25, -0.2) is 18.5 Å². The Morgan fingerprint density at radius 2 is 1.87 bits per heavy atom. The Morgan fingerprint density at radius 3 is 2.43 bits per heavy atom. The number of carbonyl (C=O) groups is 3. The van der Waals surface area contributed by atoms with Gasteiger partial charge in [0.2, 0.25) is 21.8 Å². The molecule has 2 aromatic rings. The highest BCUT2D eigenvalue weighted by atomic mass is 35.5. The number of rotatable bonds is 6. The second-order valence-electron chi connectivity index (χ2n) is 6.92. The largest absolute Gasteiger partial charge is 0.330 e. The number of anilines is 1. The number of imide groups is 1. The van der Waals surface area contributed by atoms with Gasteiger partial charge in [0.25, 0.3) is 5.91 Å². The van der Waals surface area contributed by atoms with Crippen LogP contribution in [0.15, 0.2) is 53.4 Å². The van der Waals surface area contributed by atoms with E-state index >= 15 is 0 Å². The Kier molecular flexibility index (Phi) is 6.25. The molecule has 0 aliphatic carbocycles. The van der Waals surface area contributed by atoms with Crippen LogP contribution in [0.3, 0.4) is 0 Å². The molecule has 0 unspecified atom stereocenters. The van der Waals surface area contributed by atoms with Gasteiger partial charge < -0.3 is 4.90 Å². The SMILES string of the molecule is CC(=O)N(CCc1ccc(S(N)(=O)=O)cc1)[C@@H]1CC(=O)N(c2cccc(Cl)c2)C1=O. The van der Waals surface area contributed by atoms with Crippen molar-refractivity contribution in [1.82, 2.24) is 4.90 Å². The van der Waals surface area contributed by atoms with Crippen LogP contribution in [0.25, 0.3) is 0 Å². The molecule has 1 saturated heterocycles. The van der Waals surface area contributed by atoms with E-state index in [1.165, 1.54) is 30.0 Å². The maximum absolute atomic E-state index is 12.9. The molecule has 1 atom stereocenters. The fraction of sp³-hybridized carbons (Fsp3) is 0.250. The van der Waals surface area contributed by atoms with E-state index in [-0.39, 0.29) is 23.8 Å². The highest BCUT2D eigenvalue weighted by Gasteiger charge is 2.43. The molecule has 0 aromatic heterocycles. The number of amides is 3. The van der Waals surface area contributed by atoms with Gasteiger partial charge in [0.15, 0.2) is 0 Å². The molecule has 0 bridgehead atoms. The first kappa shape index (κ1) is 21.9. The number of hydrogen-bond donors (Lipinski definition) is 1. The van der Waals surface area contributed by atoms with E-state index in [1.807, 2.05) is 0 Å². The summed E-state index contributed by atoms with van der Waals surface area (Å²) < 4.78 is 22.7. The molecule has 30 heavy (non-hydrogen) atoms. The number of hydrogen-bond acceptors (Lipinski definition) is 5. The van der Waals surface area contributed by atoms with Gasteiger partial charge in [0.05, 0.1) is 17.0 Å². The van der Waals surface area contributed by atoms with Crippen molar-refractivity contribution in [1.29, 1.82) is 0 Å². The molecule has 2 N–H and O–H groups in total. The van der Waals surface area contributed by atoms with E-state index in [9.17, 15) is 22.8 Å². The molecular weight excluding hydrogens is 430 g/mol. The lowest BCUT2D eigenvalue weighted by Gasteiger charge is -2.26. The van der Waals surface area contributed by atoms with Gasteiger partial charge in [-0.2, -0.15) is 0 Å². The van der Waals surface area contributed by atoms with Crippen molar-refractivity contribution in [3.63, 3.8) is 0 Å². The number of primary sulfonamides is 1. The number of carbonyl (C=O) groups excluding carboxylic acids is 3. The molecule has 3 rings (SSSR count). The minimum absolute atomic E-state index is 0.0107. The summed E-state index contributed by atoms with van der Waals surface area (Å²) >= 11 is 5.97. The van der Waals surface area contributed by atoms with Crippen LogP contribution in [-0.4, -0.2) is 43.6 Å². The average molecular weight is 450 g/mol. The fourth-order valence-corrected chi connectivity index (χ4v) is 4.07. The van der Waals surface area contributed by atoms with E-state index in [2.05, 4.69) is 0 Å². The number of halogens is 1. The van der Waals surface area contributed by atoms with Crippen molar-refractivity contribution in [2.24, 2.45) is 5.14 Å². The minimum atomic E-state index is -3.79. The summed E-state index contributed by atoms with van der Waals surface area (Å²) in [5.41, 5.74) is 1.12. The second kappa shape index (κ2) is 8.55. The lowest BCUT2D eigenvalue weighted by atomic mass is 10.1. The number of nitrogens with two attached hydrogens (primary N) is 1. The van der Waals surface area contributed by atoms with Gasteiger partial charge in [0, 0.05) is 18.5 Å². The van der Waals surface area contributed by atoms with E-state index in [4.69, 9.17) is 16.7 Å². The standard InChI is InChI=1S/C20H20ClN3O5S/c1-13(25)23(10-9-14-5-7-17(8-6-14)30(22,28)29)18-12-19(26)24(20(18)27)16-4-2-3-15(21)11-16/h2-8,11,18H,9-10,12H2,1H3,(H2,22,28,29)/t18-/m1/s1. The van der Waals surface area contributed by atoms with Crippen LogP contribution in [0.2, 0.25) is 5.02 Å². The zero-order valence-corrected chi connectivity index (χ0v) is 17.7. The van der Waals surface area contributed by atoms with Gasteiger partial charge in [-0.05, 0) is 42.3 Å². The van der Waals surface area contributed by atoms with Crippen LogP contribution in [0.5, 0.6) is 0 Å². The maximum Gasteiger partial charge on any atom is 0.257 e. The third kappa shape index (κ3) is 4.69. The molecule has 1 fully saturated rings. The molecule has 10 heteroatoms. The zero-order chi connectivity index (χ0) is 22.1. The Labute approximate surface area is 179 Å². The second-order valence-corrected chi connectivity index (χ2v) is 8.92. The van der Waals surface area contributed by atoms with Crippen LogP contribution in [-0.2, 0) is 30.8 Å². The Morgan fingerprint density at radius 1 is 1.20 bits per heavy atom. The van der Waals surface area contributed by atoms with Crippen LogP contribution >= 0.6 is 11.6 Å². The van der Waals surface area contributed by atoms with Gasteiger partial charge in [-0.1, -0.05) is 29.8 Å². The Hall–Kier alpha value is -2.75. The Bertz CT molecular complexity index is 1100. The highest BCUT2D eigenvalue weighted by Crippen LogP contribution is 2.28. The summed E-state index contributed by atoms with van der Waals surface area (Å²) in [6.07, 6.45) is 0.259. The van der Waals surface area contributed by atoms with Gasteiger partial charge >= 0.3 is 0 Å². The van der Waals surface area contributed by atoms with Crippen LogP contribution in [0.4, 0.5) is 5.69 Å². The van der Waals surface area contributed by atoms with E-state index < -0.39 is 27.9 Å². The molecule has 0 saturated carbocycles. The zero-order valence-electron chi connectivity index (χ0n) is 16.1. The van der Waals surface area contributed by atoms with E-state index in [1.54, 1.807) is 30.3 Å². The number of sulfonamides is 1. The van der Waals surface area contributed by atoms with Crippen molar-refractivity contribution >= 4 is 45.0 Å². The topological polar surface area (TPSA) is 118 Å². The summed E-state index contributed by atoms with van der Waals surface area (Å²) in [6.45, 7) is 1.53. The van der Waals surface area contributed by atoms with Crippen LogP contribution in [0.1, 0.15) is 18.9 Å². The van der Waals surface area contributed by atoms with Crippen molar-refractivity contribution < 1.29 is 22.8 Å². The fourth-order valence-electron chi connectivity index (χ4n) is 3.37. The van der Waals surface area contributed by atoms with Crippen LogP contribution in [0, 0.1) is 0 Å². The molecular formula is C20H20ClN3O5S. The summed E-state index contributed by atoms with van der Waals surface area (Å²) in [7, 11) is -3.79. The monoisotopic (exact) mass is 449 g/mol. The van der Waals surface area contributed by atoms with E-state index in [0.717, 1.165) is 10.5 Å². The lowest BCUT2D eigenvalue weighted by molar-refractivity contribution is -0.136. The summed E-state index contributed by atoms with van der Waals surface area (Å²) in [5, 5.41) is 5.48. The normalized spacial score (nSPS) is 16.8. The predicted molar refractivity (Wildman–Crippen MR) is 111 cm³/mol. The van der Waals surface area contributed by atoms with Gasteiger partial charge in [0.1, 0.15) is 6.04 Å².